The molecule has 48 heavy (non-hydrogen) atoms. The maximum Gasteiger partial charge on any atom is 0.0618 e. The standard InChI is InChI=1S/C46H32N2/c1-7-19-41(47-43-21-9-3-15-37(43)38-16-4-10-22-44(38)47)35(13-1)31-29-33-25-27-34(28-26-33)30-32-36-14-2-8-20-42(36)48-45-23-11-5-17-39(45)40-18-6-12-24-46(40)48/h1-28H,29,31H2. The van der Waals surface area contributed by atoms with Gasteiger partial charge in [0.1, 0.15) is 0 Å². The summed E-state index contributed by atoms with van der Waals surface area (Å²) < 4.78 is 4.77. The maximum atomic E-state index is 3.50. The predicted octanol–water partition coefficient (Wildman–Crippen LogP) is 11.1. The fourth-order valence-electron chi connectivity index (χ4n) is 7.25. The minimum absolute atomic E-state index is 0.953. The van der Waals surface area contributed by atoms with E-state index in [1.807, 2.05) is 0 Å². The first-order valence-electron chi connectivity index (χ1n) is 16.6. The van der Waals surface area contributed by atoms with Crippen LogP contribution in [0.25, 0.3) is 55.0 Å². The third-order valence-electron chi connectivity index (χ3n) is 9.52. The Morgan fingerprint density at radius 3 is 1.35 bits per heavy atom. The number of rotatable bonds is 5. The number of fused-ring (bicyclic) bond motifs is 6. The summed E-state index contributed by atoms with van der Waals surface area (Å²) in [6.07, 6.45) is 1.91. The van der Waals surface area contributed by atoms with Gasteiger partial charge >= 0.3 is 0 Å². The molecule has 0 radical (unpaired) electrons. The van der Waals surface area contributed by atoms with Crippen LogP contribution in [0, 0.1) is 11.8 Å². The molecule has 0 bridgehead atoms. The quantitative estimate of drug-likeness (QED) is 0.171. The number of benzene rings is 7. The van der Waals surface area contributed by atoms with E-state index in [-0.39, 0.29) is 0 Å². The van der Waals surface area contributed by atoms with Crippen LogP contribution in [0.4, 0.5) is 0 Å². The molecule has 2 heterocycles. The van der Waals surface area contributed by atoms with E-state index < -0.39 is 0 Å². The molecule has 9 rings (SSSR count). The zero-order valence-corrected chi connectivity index (χ0v) is 26.5. The smallest absolute Gasteiger partial charge is 0.0618 e. The summed E-state index contributed by atoms with van der Waals surface area (Å²) >= 11 is 0. The van der Waals surface area contributed by atoms with Crippen molar-refractivity contribution in [2.75, 3.05) is 0 Å². The first-order chi connectivity index (χ1) is 23.8. The molecule has 226 valence electrons. The molecule has 0 atom stereocenters. The molecule has 2 heteroatoms. The molecule has 0 saturated carbocycles. The lowest BCUT2D eigenvalue weighted by molar-refractivity contribution is 0.942. The second-order valence-corrected chi connectivity index (χ2v) is 12.3. The minimum atomic E-state index is 0.953. The summed E-state index contributed by atoms with van der Waals surface area (Å²) in [6.45, 7) is 0. The van der Waals surface area contributed by atoms with Crippen LogP contribution in [0.5, 0.6) is 0 Å². The molecule has 0 unspecified atom stereocenters. The Hall–Kier alpha value is -6.30. The first-order valence-corrected chi connectivity index (χ1v) is 16.6. The molecular formula is C46H32N2. The molecular weight excluding hydrogens is 581 g/mol. The normalized spacial score (nSPS) is 11.3. The molecule has 2 aromatic heterocycles. The highest BCUT2D eigenvalue weighted by atomic mass is 15.0. The lowest BCUT2D eigenvalue weighted by atomic mass is 10.0. The summed E-state index contributed by atoms with van der Waals surface area (Å²) in [4.78, 5) is 0. The molecule has 0 spiro atoms. The molecule has 0 aliphatic heterocycles. The maximum absolute atomic E-state index is 3.50. The summed E-state index contributed by atoms with van der Waals surface area (Å²) in [5, 5.41) is 5.09. The van der Waals surface area contributed by atoms with Crippen molar-refractivity contribution < 1.29 is 0 Å². The van der Waals surface area contributed by atoms with Crippen molar-refractivity contribution in [3.05, 3.63) is 192 Å². The van der Waals surface area contributed by atoms with Gasteiger partial charge in [0, 0.05) is 38.4 Å². The van der Waals surface area contributed by atoms with Crippen LogP contribution >= 0.6 is 0 Å². The van der Waals surface area contributed by atoms with Crippen LogP contribution in [0.3, 0.4) is 0 Å². The van der Waals surface area contributed by atoms with E-state index in [1.54, 1.807) is 0 Å². The first kappa shape index (κ1) is 28.0. The third kappa shape index (κ3) is 4.77. The third-order valence-corrected chi connectivity index (χ3v) is 9.52. The highest BCUT2D eigenvalue weighted by Crippen LogP contribution is 2.34. The van der Waals surface area contributed by atoms with Crippen molar-refractivity contribution in [1.82, 2.24) is 9.13 Å². The Bertz CT molecular complexity index is 2570. The number of hydrogen-bond acceptors (Lipinski definition) is 0. The van der Waals surface area contributed by atoms with Gasteiger partial charge in [0.2, 0.25) is 0 Å². The van der Waals surface area contributed by atoms with Gasteiger partial charge in [-0.25, -0.2) is 0 Å². The van der Waals surface area contributed by atoms with Crippen LogP contribution in [-0.2, 0) is 12.8 Å². The van der Waals surface area contributed by atoms with Gasteiger partial charge in [0.05, 0.1) is 27.8 Å². The lowest BCUT2D eigenvalue weighted by Gasteiger charge is -2.14. The number of para-hydroxylation sites is 6. The van der Waals surface area contributed by atoms with Crippen LogP contribution in [0.1, 0.15) is 22.3 Å². The van der Waals surface area contributed by atoms with Gasteiger partial charge in [-0.05, 0) is 78.6 Å². The summed E-state index contributed by atoms with van der Waals surface area (Å²) in [7, 11) is 0. The SMILES string of the molecule is C(#Cc1ccccc1-n1c2ccccc2c2ccccc21)c1ccc(CCc2ccccc2-n2c3ccccc3c3ccccc32)cc1. The molecule has 2 nitrogen and oxygen atoms in total. The Kier molecular flexibility index (Phi) is 6.88. The van der Waals surface area contributed by atoms with Gasteiger partial charge in [0.25, 0.3) is 0 Å². The van der Waals surface area contributed by atoms with Gasteiger partial charge in [-0.3, -0.25) is 0 Å². The van der Waals surface area contributed by atoms with Crippen molar-refractivity contribution in [2.45, 2.75) is 12.8 Å². The van der Waals surface area contributed by atoms with Crippen LogP contribution in [0.2, 0.25) is 0 Å². The van der Waals surface area contributed by atoms with Crippen LogP contribution in [-0.4, -0.2) is 9.13 Å². The molecule has 0 saturated heterocycles. The molecule has 0 aliphatic carbocycles. The highest BCUT2D eigenvalue weighted by Gasteiger charge is 2.15. The van der Waals surface area contributed by atoms with Gasteiger partial charge in [-0.1, -0.05) is 127 Å². The van der Waals surface area contributed by atoms with E-state index in [1.165, 1.54) is 60.4 Å². The van der Waals surface area contributed by atoms with Crippen LogP contribution in [0.15, 0.2) is 170 Å². The van der Waals surface area contributed by atoms with Crippen molar-refractivity contribution in [3.8, 4) is 23.2 Å². The van der Waals surface area contributed by atoms with Gasteiger partial charge in [-0.2, -0.15) is 0 Å². The summed E-state index contributed by atoms with van der Waals surface area (Å²) in [5.74, 6) is 6.96. The zero-order valence-electron chi connectivity index (χ0n) is 26.5. The Balaban J connectivity index is 0.997. The van der Waals surface area contributed by atoms with Crippen molar-refractivity contribution >= 4 is 43.6 Å². The lowest BCUT2D eigenvalue weighted by Crippen LogP contribution is -2.01. The van der Waals surface area contributed by atoms with Gasteiger partial charge < -0.3 is 9.13 Å². The van der Waals surface area contributed by atoms with E-state index in [0.29, 0.717) is 0 Å². The van der Waals surface area contributed by atoms with Crippen LogP contribution < -0.4 is 0 Å². The van der Waals surface area contributed by atoms with Gasteiger partial charge in [0.15, 0.2) is 0 Å². The number of aryl methyl sites for hydroxylation is 2. The molecule has 0 aliphatic rings. The topological polar surface area (TPSA) is 9.86 Å². The van der Waals surface area contributed by atoms with Crippen molar-refractivity contribution in [3.63, 3.8) is 0 Å². The number of aromatic nitrogens is 2. The van der Waals surface area contributed by atoms with Gasteiger partial charge in [-0.15, -0.1) is 0 Å². The zero-order chi connectivity index (χ0) is 31.9. The average Bonchev–Trinajstić information content (AvgIpc) is 3.67. The monoisotopic (exact) mass is 612 g/mol. The average molecular weight is 613 g/mol. The number of nitrogens with zero attached hydrogens (tertiary/aromatic N) is 2. The molecule has 0 amide bonds. The largest absolute Gasteiger partial charge is 0.309 e. The van der Waals surface area contributed by atoms with E-state index in [2.05, 4.69) is 191 Å². The van der Waals surface area contributed by atoms with Crippen molar-refractivity contribution in [2.24, 2.45) is 0 Å². The fraction of sp³-hybridized carbons (Fsp3) is 0.0435. The molecule has 9 aromatic rings. The Labute approximate surface area is 280 Å². The predicted molar refractivity (Wildman–Crippen MR) is 201 cm³/mol. The Morgan fingerprint density at radius 2 is 0.792 bits per heavy atom. The second-order valence-electron chi connectivity index (χ2n) is 12.3. The van der Waals surface area contributed by atoms with E-state index in [9.17, 15) is 0 Å². The number of hydrogen-bond donors (Lipinski definition) is 0. The second kappa shape index (κ2) is 11.8. The van der Waals surface area contributed by atoms with Crippen molar-refractivity contribution in [1.29, 1.82) is 0 Å². The summed E-state index contributed by atoms with van der Waals surface area (Å²) in [5.41, 5.74) is 11.9. The molecule has 7 aromatic carbocycles. The van der Waals surface area contributed by atoms with E-state index in [0.717, 1.165) is 29.7 Å². The Morgan fingerprint density at radius 1 is 0.354 bits per heavy atom. The minimum Gasteiger partial charge on any atom is -0.309 e. The molecule has 0 fully saturated rings. The molecule has 0 N–H and O–H groups in total. The van der Waals surface area contributed by atoms with E-state index in [4.69, 9.17) is 0 Å². The fourth-order valence-corrected chi connectivity index (χ4v) is 7.25. The van der Waals surface area contributed by atoms with E-state index >= 15 is 0 Å². The summed E-state index contributed by atoms with van der Waals surface area (Å²) in [6, 6.07) is 60.7. The highest BCUT2D eigenvalue weighted by molar-refractivity contribution is 6.10.